The van der Waals surface area contributed by atoms with E-state index in [4.69, 9.17) is 27.9 Å². The molecule has 2 aromatic rings. The topological polar surface area (TPSA) is 39.9 Å². The standard InChI is InChI=1S/C15H17Cl2N3O/c1-3-4-11(2)21-15(8-20-10-18-9-19-20)13-6-5-12(16)7-14(13)17/h5-11H,3-4H2,1-2H3. The summed E-state index contributed by atoms with van der Waals surface area (Å²) in [6, 6.07) is 5.32. The lowest BCUT2D eigenvalue weighted by Crippen LogP contribution is -2.08. The maximum absolute atomic E-state index is 6.27. The molecule has 0 amide bonds. The first kappa shape index (κ1) is 15.9. The Bertz CT molecular complexity index is 611. The summed E-state index contributed by atoms with van der Waals surface area (Å²) in [6.07, 6.45) is 6.90. The molecule has 6 heteroatoms. The predicted octanol–water partition coefficient (Wildman–Crippen LogP) is 4.75. The zero-order valence-electron chi connectivity index (χ0n) is 12.0. The van der Waals surface area contributed by atoms with Crippen molar-refractivity contribution in [2.24, 2.45) is 0 Å². The third-order valence-corrected chi connectivity index (χ3v) is 3.45. The van der Waals surface area contributed by atoms with E-state index < -0.39 is 0 Å². The Balaban J connectivity index is 2.35. The highest BCUT2D eigenvalue weighted by atomic mass is 35.5. The molecule has 1 heterocycles. The van der Waals surface area contributed by atoms with Gasteiger partial charge in [-0.2, -0.15) is 5.10 Å². The molecule has 0 spiro atoms. The molecule has 1 aromatic carbocycles. The number of hydrogen-bond acceptors (Lipinski definition) is 3. The fraction of sp³-hybridized carbons (Fsp3) is 0.333. The van der Waals surface area contributed by atoms with Crippen molar-refractivity contribution in [3.8, 4) is 0 Å². The van der Waals surface area contributed by atoms with Crippen molar-refractivity contribution in [3.05, 3.63) is 46.5 Å². The van der Waals surface area contributed by atoms with Crippen molar-refractivity contribution in [3.63, 3.8) is 0 Å². The van der Waals surface area contributed by atoms with Gasteiger partial charge in [0.05, 0.1) is 17.3 Å². The third kappa shape index (κ3) is 4.48. The fourth-order valence-corrected chi connectivity index (χ4v) is 2.44. The first-order valence-corrected chi connectivity index (χ1v) is 7.53. The second-order valence-electron chi connectivity index (χ2n) is 4.71. The fourth-order valence-electron chi connectivity index (χ4n) is 1.94. The van der Waals surface area contributed by atoms with Crippen molar-refractivity contribution in [2.45, 2.75) is 32.8 Å². The molecule has 0 fully saturated rings. The van der Waals surface area contributed by atoms with E-state index in [1.807, 2.05) is 13.0 Å². The highest BCUT2D eigenvalue weighted by Crippen LogP contribution is 2.29. The maximum atomic E-state index is 6.27. The molecule has 4 nitrogen and oxygen atoms in total. The zero-order valence-corrected chi connectivity index (χ0v) is 13.5. The summed E-state index contributed by atoms with van der Waals surface area (Å²) < 4.78 is 7.60. The van der Waals surface area contributed by atoms with E-state index in [-0.39, 0.29) is 6.10 Å². The average molecular weight is 326 g/mol. The predicted molar refractivity (Wildman–Crippen MR) is 86.1 cm³/mol. The molecule has 0 saturated heterocycles. The van der Waals surface area contributed by atoms with Crippen LogP contribution in [0.15, 0.2) is 30.9 Å². The highest BCUT2D eigenvalue weighted by molar-refractivity contribution is 6.35. The van der Waals surface area contributed by atoms with Gasteiger partial charge < -0.3 is 4.74 Å². The Hall–Kier alpha value is -1.52. The normalized spacial score (nSPS) is 13.2. The highest BCUT2D eigenvalue weighted by Gasteiger charge is 2.12. The van der Waals surface area contributed by atoms with Gasteiger partial charge >= 0.3 is 0 Å². The lowest BCUT2D eigenvalue weighted by Gasteiger charge is -2.18. The molecule has 112 valence electrons. The first-order chi connectivity index (χ1) is 10.1. The molecule has 1 atom stereocenters. The second kappa shape index (κ2) is 7.48. The van der Waals surface area contributed by atoms with E-state index in [0.717, 1.165) is 18.4 Å². The summed E-state index contributed by atoms with van der Waals surface area (Å²) in [7, 11) is 0. The van der Waals surface area contributed by atoms with E-state index in [2.05, 4.69) is 17.0 Å². The number of nitrogens with zero attached hydrogens (tertiary/aromatic N) is 3. The summed E-state index contributed by atoms with van der Waals surface area (Å²) in [5, 5.41) is 5.19. The van der Waals surface area contributed by atoms with Crippen LogP contribution < -0.4 is 0 Å². The minimum atomic E-state index is 0.0801. The Morgan fingerprint density at radius 3 is 2.86 bits per heavy atom. The van der Waals surface area contributed by atoms with E-state index in [9.17, 15) is 0 Å². The third-order valence-electron chi connectivity index (χ3n) is 2.91. The molecule has 0 aliphatic heterocycles. The number of rotatable bonds is 6. The maximum Gasteiger partial charge on any atom is 0.146 e. The first-order valence-electron chi connectivity index (χ1n) is 6.78. The summed E-state index contributed by atoms with van der Waals surface area (Å²) >= 11 is 12.2. The smallest absolute Gasteiger partial charge is 0.146 e. The molecule has 0 N–H and O–H groups in total. The van der Waals surface area contributed by atoms with Gasteiger partial charge in [0.15, 0.2) is 0 Å². The quantitative estimate of drug-likeness (QED) is 0.720. The van der Waals surface area contributed by atoms with Crippen LogP contribution in [0.4, 0.5) is 0 Å². The van der Waals surface area contributed by atoms with Crippen molar-refractivity contribution >= 4 is 35.2 Å². The Labute approximate surface area is 134 Å². The van der Waals surface area contributed by atoms with Gasteiger partial charge in [0.2, 0.25) is 0 Å². The monoisotopic (exact) mass is 325 g/mol. The average Bonchev–Trinajstić information content (AvgIpc) is 2.91. The van der Waals surface area contributed by atoms with Crippen LogP contribution in [0.25, 0.3) is 12.0 Å². The minimum absolute atomic E-state index is 0.0801. The zero-order chi connectivity index (χ0) is 15.2. The van der Waals surface area contributed by atoms with Crippen LogP contribution in [-0.2, 0) is 4.74 Å². The molecule has 0 aliphatic rings. The van der Waals surface area contributed by atoms with Crippen LogP contribution >= 0.6 is 23.2 Å². The lowest BCUT2D eigenvalue weighted by atomic mass is 10.2. The van der Waals surface area contributed by atoms with E-state index in [1.54, 1.807) is 29.3 Å². The van der Waals surface area contributed by atoms with Crippen LogP contribution in [0.2, 0.25) is 10.0 Å². The summed E-state index contributed by atoms with van der Waals surface area (Å²) in [4.78, 5) is 3.92. The van der Waals surface area contributed by atoms with Gasteiger partial charge in [-0.15, -0.1) is 0 Å². The molecule has 0 aliphatic carbocycles. The van der Waals surface area contributed by atoms with Crippen LogP contribution in [0.1, 0.15) is 32.3 Å². The van der Waals surface area contributed by atoms with Crippen molar-refractivity contribution < 1.29 is 4.74 Å². The van der Waals surface area contributed by atoms with E-state index >= 15 is 0 Å². The Kier molecular flexibility index (Phi) is 5.65. The van der Waals surface area contributed by atoms with Crippen molar-refractivity contribution in [1.29, 1.82) is 0 Å². The van der Waals surface area contributed by atoms with Crippen LogP contribution in [-0.4, -0.2) is 20.9 Å². The molecule has 21 heavy (non-hydrogen) atoms. The number of aromatic nitrogens is 3. The van der Waals surface area contributed by atoms with Crippen LogP contribution in [0.5, 0.6) is 0 Å². The van der Waals surface area contributed by atoms with Gasteiger partial charge in [0.1, 0.15) is 18.4 Å². The molecule has 0 radical (unpaired) electrons. The van der Waals surface area contributed by atoms with Crippen molar-refractivity contribution in [1.82, 2.24) is 14.8 Å². The Morgan fingerprint density at radius 1 is 1.43 bits per heavy atom. The lowest BCUT2D eigenvalue weighted by molar-refractivity contribution is 0.175. The molecule has 2 rings (SSSR count). The Morgan fingerprint density at radius 2 is 2.24 bits per heavy atom. The molecular weight excluding hydrogens is 309 g/mol. The van der Waals surface area contributed by atoms with E-state index in [1.165, 1.54) is 6.33 Å². The minimum Gasteiger partial charge on any atom is -0.488 e. The molecule has 1 aromatic heterocycles. The number of hydrogen-bond donors (Lipinski definition) is 0. The number of ether oxygens (including phenoxy) is 1. The molecule has 0 saturated carbocycles. The van der Waals surface area contributed by atoms with Gasteiger partial charge in [-0.05, 0) is 31.5 Å². The van der Waals surface area contributed by atoms with Gasteiger partial charge in [-0.1, -0.05) is 36.5 Å². The SMILES string of the molecule is CCCC(C)OC(=Cn1cncn1)c1ccc(Cl)cc1Cl. The summed E-state index contributed by atoms with van der Waals surface area (Å²) in [5.74, 6) is 0.642. The van der Waals surface area contributed by atoms with Crippen LogP contribution in [0, 0.1) is 0 Å². The largest absolute Gasteiger partial charge is 0.488 e. The number of benzene rings is 1. The van der Waals surface area contributed by atoms with Crippen LogP contribution in [0.3, 0.4) is 0 Å². The molecule has 1 unspecified atom stereocenters. The molecule has 0 bridgehead atoms. The van der Waals surface area contributed by atoms with Gasteiger partial charge in [0, 0.05) is 10.6 Å². The van der Waals surface area contributed by atoms with Crippen molar-refractivity contribution in [2.75, 3.05) is 0 Å². The number of halogens is 2. The summed E-state index contributed by atoms with van der Waals surface area (Å²) in [5.41, 5.74) is 0.777. The summed E-state index contributed by atoms with van der Waals surface area (Å²) in [6.45, 7) is 4.15. The van der Waals surface area contributed by atoms with Gasteiger partial charge in [-0.25, -0.2) is 9.67 Å². The van der Waals surface area contributed by atoms with E-state index in [0.29, 0.717) is 15.8 Å². The molecular formula is C15H17Cl2N3O. The van der Waals surface area contributed by atoms with Gasteiger partial charge in [0.25, 0.3) is 0 Å². The second-order valence-corrected chi connectivity index (χ2v) is 5.55. The van der Waals surface area contributed by atoms with Gasteiger partial charge in [-0.3, -0.25) is 0 Å².